The van der Waals surface area contributed by atoms with Crippen LogP contribution in [-0.2, 0) is 4.84 Å². The molecule has 1 aliphatic rings. The van der Waals surface area contributed by atoms with E-state index in [9.17, 15) is 13.2 Å². The molecule has 144 valence electrons. The SMILES string of the molecule is FC(F)(F)Oc1ccc(C2C=C(Oc3ccc(-c4nn[nH]n4)cc3)NO2)cc1. The maximum Gasteiger partial charge on any atom is 0.573 e. The number of benzene rings is 2. The number of aromatic amines is 1. The van der Waals surface area contributed by atoms with Crippen molar-refractivity contribution >= 4 is 0 Å². The van der Waals surface area contributed by atoms with Crippen molar-refractivity contribution in [3.05, 3.63) is 66.1 Å². The molecule has 1 unspecified atom stereocenters. The topological polar surface area (TPSA) is 94.2 Å². The first-order valence-electron chi connectivity index (χ1n) is 7.97. The smallest absolute Gasteiger partial charge is 0.439 e. The Hall–Kier alpha value is -3.60. The highest BCUT2D eigenvalue weighted by Gasteiger charge is 2.31. The van der Waals surface area contributed by atoms with Crippen LogP contribution in [0, 0.1) is 0 Å². The van der Waals surface area contributed by atoms with E-state index in [1.165, 1.54) is 24.3 Å². The van der Waals surface area contributed by atoms with Gasteiger partial charge in [0, 0.05) is 11.6 Å². The van der Waals surface area contributed by atoms with E-state index in [0.29, 0.717) is 23.0 Å². The minimum Gasteiger partial charge on any atom is -0.439 e. The summed E-state index contributed by atoms with van der Waals surface area (Å²) in [5.74, 6) is 1.06. The zero-order valence-electron chi connectivity index (χ0n) is 14.0. The van der Waals surface area contributed by atoms with E-state index in [4.69, 9.17) is 9.57 Å². The number of nitrogens with one attached hydrogen (secondary N) is 2. The highest BCUT2D eigenvalue weighted by molar-refractivity contribution is 5.55. The molecule has 0 saturated carbocycles. The molecule has 2 N–H and O–H groups in total. The number of nitrogens with zero attached hydrogens (tertiary/aromatic N) is 3. The normalized spacial score (nSPS) is 16.4. The van der Waals surface area contributed by atoms with Crippen LogP contribution in [0.3, 0.4) is 0 Å². The summed E-state index contributed by atoms with van der Waals surface area (Å²) < 4.78 is 46.2. The van der Waals surface area contributed by atoms with Crippen molar-refractivity contribution in [3.8, 4) is 22.9 Å². The molecule has 1 aliphatic heterocycles. The number of halogens is 3. The summed E-state index contributed by atoms with van der Waals surface area (Å²) in [6.45, 7) is 0. The lowest BCUT2D eigenvalue weighted by Gasteiger charge is -2.11. The molecule has 0 fully saturated rings. The number of aromatic nitrogens is 4. The third-order valence-corrected chi connectivity index (χ3v) is 3.72. The first-order valence-corrected chi connectivity index (χ1v) is 7.97. The summed E-state index contributed by atoms with van der Waals surface area (Å²) in [6.07, 6.45) is -3.59. The Kier molecular flexibility index (Phi) is 4.57. The molecule has 8 nitrogen and oxygen atoms in total. The second-order valence-electron chi connectivity index (χ2n) is 5.65. The van der Waals surface area contributed by atoms with Gasteiger partial charge in [0.05, 0.1) is 0 Å². The van der Waals surface area contributed by atoms with E-state index in [0.717, 1.165) is 5.56 Å². The Labute approximate surface area is 155 Å². The summed E-state index contributed by atoms with van der Waals surface area (Å²) >= 11 is 0. The van der Waals surface area contributed by atoms with E-state index in [1.807, 2.05) is 0 Å². The minimum absolute atomic E-state index is 0.302. The maximum absolute atomic E-state index is 12.2. The second-order valence-corrected chi connectivity index (χ2v) is 5.65. The number of hydrogen-bond acceptors (Lipinski definition) is 7. The van der Waals surface area contributed by atoms with Crippen molar-refractivity contribution in [1.29, 1.82) is 0 Å². The lowest BCUT2D eigenvalue weighted by molar-refractivity contribution is -0.274. The fraction of sp³-hybridized carbons (Fsp3) is 0.118. The monoisotopic (exact) mass is 391 g/mol. The standard InChI is InChI=1S/C17H12F3N5O3/c18-17(19,20)27-13-7-1-10(2-8-13)14-9-15(23-28-14)26-12-5-3-11(4-6-12)16-21-24-25-22-16/h1-9,14,23H,(H,21,22,24,25). The molecule has 11 heteroatoms. The Morgan fingerprint density at radius 3 is 2.32 bits per heavy atom. The lowest BCUT2D eigenvalue weighted by Crippen LogP contribution is -2.17. The van der Waals surface area contributed by atoms with E-state index in [1.54, 1.807) is 30.3 Å². The van der Waals surface area contributed by atoms with Gasteiger partial charge in [-0.05, 0) is 47.2 Å². The molecule has 2 aromatic carbocycles. The third kappa shape index (κ3) is 4.20. The highest BCUT2D eigenvalue weighted by atomic mass is 19.4. The lowest BCUT2D eigenvalue weighted by atomic mass is 10.1. The Balaban J connectivity index is 1.40. The predicted octanol–water partition coefficient (Wildman–Crippen LogP) is 3.26. The van der Waals surface area contributed by atoms with Gasteiger partial charge in [-0.2, -0.15) is 5.21 Å². The number of hydrogen-bond donors (Lipinski definition) is 2. The molecule has 0 amide bonds. The number of H-pyrrole nitrogens is 1. The van der Waals surface area contributed by atoms with Gasteiger partial charge < -0.3 is 9.47 Å². The Bertz CT molecular complexity index is 957. The number of rotatable bonds is 5. The van der Waals surface area contributed by atoms with Gasteiger partial charge in [-0.25, -0.2) is 5.48 Å². The van der Waals surface area contributed by atoms with Crippen LogP contribution < -0.4 is 15.0 Å². The summed E-state index contributed by atoms with van der Waals surface area (Å²) in [7, 11) is 0. The van der Waals surface area contributed by atoms with Crippen molar-refractivity contribution in [2.45, 2.75) is 12.5 Å². The van der Waals surface area contributed by atoms with E-state index in [-0.39, 0.29) is 5.75 Å². The molecule has 0 saturated heterocycles. The number of alkyl halides is 3. The molecule has 0 radical (unpaired) electrons. The number of ether oxygens (including phenoxy) is 2. The van der Waals surface area contributed by atoms with Gasteiger partial charge in [0.1, 0.15) is 17.6 Å². The summed E-state index contributed by atoms with van der Waals surface area (Å²) in [6, 6.07) is 12.4. The van der Waals surface area contributed by atoms with E-state index in [2.05, 4.69) is 30.8 Å². The average Bonchev–Trinajstić information content (AvgIpc) is 3.34. The fourth-order valence-corrected chi connectivity index (χ4v) is 2.49. The minimum atomic E-state index is -4.73. The number of tetrazole rings is 1. The van der Waals surface area contributed by atoms with Crippen LogP contribution in [0.2, 0.25) is 0 Å². The van der Waals surface area contributed by atoms with Crippen LogP contribution in [-0.4, -0.2) is 27.0 Å². The van der Waals surface area contributed by atoms with Crippen molar-refractivity contribution in [2.75, 3.05) is 0 Å². The van der Waals surface area contributed by atoms with Crippen LogP contribution in [0.1, 0.15) is 11.7 Å². The molecule has 3 aromatic rings. The van der Waals surface area contributed by atoms with Crippen LogP contribution >= 0.6 is 0 Å². The second kappa shape index (κ2) is 7.19. The van der Waals surface area contributed by atoms with E-state index < -0.39 is 12.5 Å². The van der Waals surface area contributed by atoms with Crippen molar-refractivity contribution in [3.63, 3.8) is 0 Å². The molecule has 2 heterocycles. The molecule has 1 atom stereocenters. The van der Waals surface area contributed by atoms with Gasteiger partial charge >= 0.3 is 6.36 Å². The molecule has 4 rings (SSSR count). The molecular weight excluding hydrogens is 379 g/mol. The van der Waals surface area contributed by atoms with Crippen molar-refractivity contribution < 1.29 is 27.5 Å². The first-order chi connectivity index (χ1) is 13.5. The quantitative estimate of drug-likeness (QED) is 0.689. The molecular formula is C17H12F3N5O3. The largest absolute Gasteiger partial charge is 0.573 e. The molecule has 0 spiro atoms. The fourth-order valence-electron chi connectivity index (χ4n) is 2.49. The summed E-state index contributed by atoms with van der Waals surface area (Å²) in [5.41, 5.74) is 4.04. The molecule has 28 heavy (non-hydrogen) atoms. The predicted molar refractivity (Wildman–Crippen MR) is 88.4 cm³/mol. The van der Waals surface area contributed by atoms with Crippen LogP contribution in [0.15, 0.2) is 60.5 Å². The van der Waals surface area contributed by atoms with Crippen molar-refractivity contribution in [2.24, 2.45) is 0 Å². The first kappa shape index (κ1) is 17.8. The van der Waals surface area contributed by atoms with Gasteiger partial charge in [-0.15, -0.1) is 23.4 Å². The van der Waals surface area contributed by atoms with Crippen LogP contribution in [0.4, 0.5) is 13.2 Å². The van der Waals surface area contributed by atoms with Gasteiger partial charge in [0.15, 0.2) is 0 Å². The Morgan fingerprint density at radius 2 is 1.68 bits per heavy atom. The summed E-state index contributed by atoms with van der Waals surface area (Å²) in [4.78, 5) is 5.38. The zero-order chi connectivity index (χ0) is 19.6. The molecule has 1 aromatic heterocycles. The van der Waals surface area contributed by atoms with Crippen molar-refractivity contribution in [1.82, 2.24) is 26.1 Å². The maximum atomic E-state index is 12.2. The Morgan fingerprint density at radius 1 is 0.964 bits per heavy atom. The van der Waals surface area contributed by atoms with Gasteiger partial charge in [-0.3, -0.25) is 4.84 Å². The zero-order valence-corrected chi connectivity index (χ0v) is 14.0. The van der Waals surface area contributed by atoms with Crippen LogP contribution in [0.25, 0.3) is 11.4 Å². The molecule has 0 aliphatic carbocycles. The number of hydroxylamine groups is 1. The molecule has 0 bridgehead atoms. The summed E-state index contributed by atoms with van der Waals surface area (Å²) in [5, 5.41) is 13.6. The van der Waals surface area contributed by atoms with Gasteiger partial charge in [0.25, 0.3) is 0 Å². The average molecular weight is 391 g/mol. The third-order valence-electron chi connectivity index (χ3n) is 3.72. The van der Waals surface area contributed by atoms with E-state index >= 15 is 0 Å². The van der Waals surface area contributed by atoms with Gasteiger partial charge in [0.2, 0.25) is 11.7 Å². The van der Waals surface area contributed by atoms with Gasteiger partial charge in [-0.1, -0.05) is 12.1 Å². The highest BCUT2D eigenvalue weighted by Crippen LogP contribution is 2.29. The van der Waals surface area contributed by atoms with Crippen LogP contribution in [0.5, 0.6) is 11.5 Å².